The number of nitrogens with zero attached hydrogens (tertiary/aromatic N) is 1. The Balaban J connectivity index is 1.65. The lowest BCUT2D eigenvalue weighted by Crippen LogP contribution is -2.34. The van der Waals surface area contributed by atoms with Gasteiger partial charge in [-0.3, -0.25) is 4.79 Å². The standard InChI is InChI=1S/C21H19Br2N3O2/c1-12-18(22)10-16(20(27)19(12)23)11-24-26-21(28)13(2)25-17-8-7-14-5-3-4-6-15(14)9-17/h3-11,13,25,27H,1-2H3,(H,26,28)/b24-11+. The van der Waals surface area contributed by atoms with Crippen molar-refractivity contribution in [2.75, 3.05) is 5.32 Å². The van der Waals surface area contributed by atoms with Crippen LogP contribution in [0.4, 0.5) is 5.69 Å². The molecule has 0 bridgehead atoms. The highest BCUT2D eigenvalue weighted by molar-refractivity contribution is 9.11. The number of hydrogen-bond donors (Lipinski definition) is 3. The summed E-state index contributed by atoms with van der Waals surface area (Å²) >= 11 is 6.77. The lowest BCUT2D eigenvalue weighted by molar-refractivity contribution is -0.121. The predicted molar refractivity (Wildman–Crippen MR) is 121 cm³/mol. The van der Waals surface area contributed by atoms with Crippen molar-refractivity contribution >= 4 is 60.4 Å². The van der Waals surface area contributed by atoms with E-state index in [2.05, 4.69) is 47.7 Å². The van der Waals surface area contributed by atoms with E-state index in [1.54, 1.807) is 13.0 Å². The van der Waals surface area contributed by atoms with Crippen LogP contribution < -0.4 is 10.7 Å². The number of carbonyl (C=O) groups excluding carboxylic acids is 1. The summed E-state index contributed by atoms with van der Waals surface area (Å²) in [5.41, 5.74) is 4.72. The number of rotatable bonds is 5. The molecule has 144 valence electrons. The lowest BCUT2D eigenvalue weighted by Gasteiger charge is -2.14. The zero-order valence-electron chi connectivity index (χ0n) is 15.3. The molecule has 0 fully saturated rings. The molecule has 0 saturated heterocycles. The molecular formula is C21H19Br2N3O2. The lowest BCUT2D eigenvalue weighted by atomic mass is 10.1. The number of halogens is 2. The maximum absolute atomic E-state index is 12.3. The topological polar surface area (TPSA) is 73.7 Å². The molecule has 0 heterocycles. The van der Waals surface area contributed by atoms with Gasteiger partial charge >= 0.3 is 0 Å². The third kappa shape index (κ3) is 4.54. The second kappa shape index (κ2) is 8.75. The number of hydrazone groups is 1. The number of carbonyl (C=O) groups is 1. The van der Waals surface area contributed by atoms with Crippen LogP contribution >= 0.6 is 31.9 Å². The first-order valence-electron chi connectivity index (χ1n) is 8.62. The largest absolute Gasteiger partial charge is 0.506 e. The van der Waals surface area contributed by atoms with Gasteiger partial charge in [0.25, 0.3) is 5.91 Å². The third-order valence-electron chi connectivity index (χ3n) is 4.36. The zero-order chi connectivity index (χ0) is 20.3. The van der Waals surface area contributed by atoms with Gasteiger partial charge in [-0.1, -0.05) is 46.3 Å². The second-order valence-electron chi connectivity index (χ2n) is 6.40. The molecule has 0 radical (unpaired) electrons. The molecule has 28 heavy (non-hydrogen) atoms. The van der Waals surface area contributed by atoms with Crippen molar-refractivity contribution in [3.05, 3.63) is 68.6 Å². The Labute approximate surface area is 180 Å². The number of hydrogen-bond acceptors (Lipinski definition) is 4. The van der Waals surface area contributed by atoms with E-state index < -0.39 is 6.04 Å². The van der Waals surface area contributed by atoms with Gasteiger partial charge in [-0.15, -0.1) is 0 Å². The number of fused-ring (bicyclic) bond motifs is 1. The normalized spacial score (nSPS) is 12.3. The molecule has 0 aliphatic carbocycles. The van der Waals surface area contributed by atoms with E-state index in [9.17, 15) is 9.90 Å². The van der Waals surface area contributed by atoms with Crippen LogP contribution in [-0.2, 0) is 4.79 Å². The van der Waals surface area contributed by atoms with Crippen molar-refractivity contribution in [3.8, 4) is 5.75 Å². The first kappa shape index (κ1) is 20.4. The highest BCUT2D eigenvalue weighted by Crippen LogP contribution is 2.35. The van der Waals surface area contributed by atoms with Gasteiger partial charge in [0.1, 0.15) is 11.8 Å². The predicted octanol–water partition coefficient (Wildman–Crippen LogP) is 5.33. The van der Waals surface area contributed by atoms with Crippen LogP contribution in [-0.4, -0.2) is 23.3 Å². The molecule has 3 rings (SSSR count). The van der Waals surface area contributed by atoms with E-state index in [0.29, 0.717) is 10.0 Å². The highest BCUT2D eigenvalue weighted by Gasteiger charge is 2.13. The molecule has 1 unspecified atom stereocenters. The van der Waals surface area contributed by atoms with Crippen LogP contribution in [0, 0.1) is 6.92 Å². The summed E-state index contributed by atoms with van der Waals surface area (Å²) in [6.45, 7) is 3.63. The Morgan fingerprint density at radius 1 is 1.14 bits per heavy atom. The summed E-state index contributed by atoms with van der Waals surface area (Å²) in [6, 6.07) is 15.2. The summed E-state index contributed by atoms with van der Waals surface area (Å²) in [4.78, 5) is 12.3. The summed E-state index contributed by atoms with van der Waals surface area (Å²) in [7, 11) is 0. The molecule has 1 atom stereocenters. The van der Waals surface area contributed by atoms with Gasteiger partial charge < -0.3 is 10.4 Å². The Kier molecular flexibility index (Phi) is 6.36. The maximum Gasteiger partial charge on any atom is 0.262 e. The molecule has 7 heteroatoms. The van der Waals surface area contributed by atoms with Gasteiger partial charge in [0, 0.05) is 15.7 Å². The molecule has 5 nitrogen and oxygen atoms in total. The minimum Gasteiger partial charge on any atom is -0.506 e. The van der Waals surface area contributed by atoms with Gasteiger partial charge in [-0.05, 0) is 64.3 Å². The van der Waals surface area contributed by atoms with E-state index in [-0.39, 0.29) is 11.7 Å². The van der Waals surface area contributed by atoms with E-state index in [1.807, 2.05) is 49.4 Å². The van der Waals surface area contributed by atoms with Crippen molar-refractivity contribution < 1.29 is 9.90 Å². The number of aromatic hydroxyl groups is 1. The fourth-order valence-corrected chi connectivity index (χ4v) is 3.83. The van der Waals surface area contributed by atoms with Gasteiger partial charge in [0.2, 0.25) is 0 Å². The number of benzene rings is 3. The van der Waals surface area contributed by atoms with Crippen LogP contribution in [0.15, 0.2) is 62.6 Å². The first-order valence-corrected chi connectivity index (χ1v) is 10.2. The third-order valence-corrected chi connectivity index (χ3v) is 6.15. The van der Waals surface area contributed by atoms with Gasteiger partial charge in [-0.25, -0.2) is 5.43 Å². The monoisotopic (exact) mass is 503 g/mol. The Hall–Kier alpha value is -2.38. The van der Waals surface area contributed by atoms with E-state index in [4.69, 9.17) is 0 Å². The summed E-state index contributed by atoms with van der Waals surface area (Å²) in [5.74, 6) is -0.213. The molecular weight excluding hydrogens is 486 g/mol. The van der Waals surface area contributed by atoms with Crippen molar-refractivity contribution in [1.82, 2.24) is 5.43 Å². The number of nitrogens with one attached hydrogen (secondary N) is 2. The Morgan fingerprint density at radius 2 is 1.86 bits per heavy atom. The molecule has 3 aromatic rings. The van der Waals surface area contributed by atoms with Crippen LogP contribution in [0.25, 0.3) is 10.8 Å². The average molecular weight is 505 g/mol. The molecule has 0 aliphatic rings. The van der Waals surface area contributed by atoms with Crippen molar-refractivity contribution in [1.29, 1.82) is 0 Å². The molecule has 3 N–H and O–H groups in total. The summed E-state index contributed by atoms with van der Waals surface area (Å²) < 4.78 is 1.41. The van der Waals surface area contributed by atoms with E-state index in [1.165, 1.54) is 6.21 Å². The summed E-state index contributed by atoms with van der Waals surface area (Å²) in [5, 5.41) is 19.5. The number of phenols is 1. The average Bonchev–Trinajstić information content (AvgIpc) is 2.69. The molecule has 0 aliphatic heterocycles. The fourth-order valence-electron chi connectivity index (χ4n) is 2.68. The smallest absolute Gasteiger partial charge is 0.262 e. The van der Waals surface area contributed by atoms with E-state index >= 15 is 0 Å². The van der Waals surface area contributed by atoms with Gasteiger partial charge in [0.05, 0.1) is 10.7 Å². The Morgan fingerprint density at radius 3 is 2.61 bits per heavy atom. The molecule has 3 aromatic carbocycles. The highest BCUT2D eigenvalue weighted by atomic mass is 79.9. The zero-order valence-corrected chi connectivity index (χ0v) is 18.5. The molecule has 0 saturated carbocycles. The minimum atomic E-state index is -0.483. The van der Waals surface area contributed by atoms with Crippen LogP contribution in [0.5, 0.6) is 5.75 Å². The number of anilines is 1. The van der Waals surface area contributed by atoms with Gasteiger partial charge in [0.15, 0.2) is 0 Å². The van der Waals surface area contributed by atoms with Gasteiger partial charge in [-0.2, -0.15) is 5.10 Å². The van der Waals surface area contributed by atoms with Crippen molar-refractivity contribution in [2.24, 2.45) is 5.10 Å². The van der Waals surface area contributed by atoms with Crippen LogP contribution in [0.1, 0.15) is 18.1 Å². The number of phenolic OH excluding ortho intramolecular Hbond substituents is 1. The quantitative estimate of drug-likeness (QED) is 0.324. The second-order valence-corrected chi connectivity index (χ2v) is 8.04. The maximum atomic E-state index is 12.3. The van der Waals surface area contributed by atoms with Crippen molar-refractivity contribution in [3.63, 3.8) is 0 Å². The van der Waals surface area contributed by atoms with Crippen LogP contribution in [0.3, 0.4) is 0 Å². The number of amides is 1. The van der Waals surface area contributed by atoms with Crippen LogP contribution in [0.2, 0.25) is 0 Å². The minimum absolute atomic E-state index is 0.0704. The van der Waals surface area contributed by atoms with Crippen molar-refractivity contribution in [2.45, 2.75) is 19.9 Å². The Bertz CT molecular complexity index is 1070. The molecule has 1 amide bonds. The fraction of sp³-hybridized carbons (Fsp3) is 0.143. The first-order chi connectivity index (χ1) is 13.4. The summed E-state index contributed by atoms with van der Waals surface area (Å²) in [6.07, 6.45) is 1.41. The molecule has 0 aromatic heterocycles. The SMILES string of the molecule is Cc1c(Br)cc(/C=N/NC(=O)C(C)Nc2ccc3ccccc3c2)c(O)c1Br. The molecule has 0 spiro atoms. The van der Waals surface area contributed by atoms with E-state index in [0.717, 1.165) is 26.5 Å².